The van der Waals surface area contributed by atoms with Crippen molar-refractivity contribution in [1.82, 2.24) is 5.32 Å². The fourth-order valence-electron chi connectivity index (χ4n) is 2.69. The second-order valence-electron chi connectivity index (χ2n) is 7.26. The molecule has 0 aliphatic carbocycles. The van der Waals surface area contributed by atoms with Crippen molar-refractivity contribution in [3.8, 4) is 5.75 Å². The molecule has 0 unspecified atom stereocenters. The number of nitrogens with one attached hydrogen (secondary N) is 2. The summed E-state index contributed by atoms with van der Waals surface area (Å²) < 4.78 is 72.8. The summed E-state index contributed by atoms with van der Waals surface area (Å²) in [7, 11) is -5.67. The highest BCUT2D eigenvalue weighted by Crippen LogP contribution is 2.37. The minimum absolute atomic E-state index is 0. The molecule has 0 spiro atoms. The predicted octanol–water partition coefficient (Wildman–Crippen LogP) is 2.25. The molecule has 35 heavy (non-hydrogen) atoms. The number of rotatable bonds is 6. The summed E-state index contributed by atoms with van der Waals surface area (Å²) in [6, 6.07) is 8.82. The Morgan fingerprint density at radius 3 is 2.34 bits per heavy atom. The number of anilines is 2. The van der Waals surface area contributed by atoms with E-state index in [1.165, 1.54) is 37.3 Å². The van der Waals surface area contributed by atoms with Gasteiger partial charge in [0.15, 0.2) is 9.84 Å². The normalized spacial score (nSPS) is 12.9. The SMILES string of the molecule is CNC(C)=O.CS(=O)(=O)CCOC(=O)Nc1ccc2c(c1)N(S(=O)(=O)c1ccc(F)cc1)CCO2.[HH].[HH]. The summed E-state index contributed by atoms with van der Waals surface area (Å²) in [4.78, 5) is 21.5. The van der Waals surface area contributed by atoms with Gasteiger partial charge in [0.05, 0.1) is 22.9 Å². The van der Waals surface area contributed by atoms with Crippen LogP contribution in [0.25, 0.3) is 0 Å². The van der Waals surface area contributed by atoms with Gasteiger partial charge >= 0.3 is 6.09 Å². The third-order valence-corrected chi connectivity index (χ3v) is 7.20. The molecule has 2 amide bonds. The maximum Gasteiger partial charge on any atom is 0.411 e. The Hall–Kier alpha value is -3.39. The van der Waals surface area contributed by atoms with E-state index in [0.717, 1.165) is 22.7 Å². The Bertz CT molecular complexity index is 1280. The lowest BCUT2D eigenvalue weighted by Crippen LogP contribution is -2.38. The average Bonchev–Trinajstić information content (AvgIpc) is 2.78. The molecule has 0 saturated heterocycles. The number of nitrogens with zero attached hydrogens (tertiary/aromatic N) is 1. The van der Waals surface area contributed by atoms with Crippen LogP contribution in [-0.2, 0) is 29.4 Å². The number of halogens is 1. The third kappa shape index (κ3) is 8.40. The van der Waals surface area contributed by atoms with Crippen molar-refractivity contribution < 1.29 is 43.1 Å². The van der Waals surface area contributed by atoms with Crippen molar-refractivity contribution in [3.05, 3.63) is 48.3 Å². The minimum atomic E-state index is -3.99. The largest absolute Gasteiger partial charge is 0.489 e. The number of carbonyl (C=O) groups excluding carboxylic acids is 2. The molecule has 0 atom stereocenters. The van der Waals surface area contributed by atoms with E-state index < -0.39 is 31.8 Å². The van der Waals surface area contributed by atoms with Crippen LogP contribution < -0.4 is 19.7 Å². The zero-order valence-electron chi connectivity index (χ0n) is 19.3. The van der Waals surface area contributed by atoms with Crippen LogP contribution in [0.1, 0.15) is 9.78 Å². The molecule has 3 rings (SSSR count). The Kier molecular flexibility index (Phi) is 9.42. The molecule has 1 heterocycles. The maximum atomic E-state index is 13.2. The molecule has 2 aromatic carbocycles. The molecule has 196 valence electrons. The Labute approximate surface area is 206 Å². The van der Waals surface area contributed by atoms with E-state index in [9.17, 15) is 30.8 Å². The van der Waals surface area contributed by atoms with E-state index >= 15 is 0 Å². The van der Waals surface area contributed by atoms with Gasteiger partial charge in [0.2, 0.25) is 5.91 Å². The number of carbonyl (C=O) groups is 2. The number of fused-ring (bicyclic) bond motifs is 1. The van der Waals surface area contributed by atoms with Gasteiger partial charge in [-0.05, 0) is 42.5 Å². The summed E-state index contributed by atoms with van der Waals surface area (Å²) in [5.41, 5.74) is 0.419. The lowest BCUT2D eigenvalue weighted by atomic mass is 10.2. The standard InChI is InChI=1S/C18H19FN2O7S2.C3H7NO.2H2/c1-29(23,24)11-10-28-18(22)20-14-4-7-17-16(12-14)21(8-9-27-17)30(25,26)15-5-2-13(19)3-6-15;1-3(5)4-2;;/h2-7,12H,8-11H2,1H3,(H,20,22);1-2H3,(H,4,5);2*1H. The highest BCUT2D eigenvalue weighted by Gasteiger charge is 2.30. The summed E-state index contributed by atoms with van der Waals surface area (Å²) in [6.45, 7) is 1.30. The molecule has 11 nitrogen and oxygen atoms in total. The Morgan fingerprint density at radius 2 is 1.77 bits per heavy atom. The summed E-state index contributed by atoms with van der Waals surface area (Å²) >= 11 is 0. The van der Waals surface area contributed by atoms with E-state index in [0.29, 0.717) is 5.75 Å². The quantitative estimate of drug-likeness (QED) is 0.572. The maximum absolute atomic E-state index is 13.2. The van der Waals surface area contributed by atoms with Crippen molar-refractivity contribution in [3.63, 3.8) is 0 Å². The lowest BCUT2D eigenvalue weighted by molar-refractivity contribution is -0.118. The van der Waals surface area contributed by atoms with Crippen LogP contribution >= 0.6 is 0 Å². The van der Waals surface area contributed by atoms with Crippen LogP contribution in [0.3, 0.4) is 0 Å². The fraction of sp³-hybridized carbons (Fsp3) is 0.333. The lowest BCUT2D eigenvalue weighted by Gasteiger charge is -2.30. The Morgan fingerprint density at radius 1 is 1.14 bits per heavy atom. The van der Waals surface area contributed by atoms with Crippen LogP contribution in [0.2, 0.25) is 0 Å². The summed E-state index contributed by atoms with van der Waals surface area (Å²) in [6.07, 6.45) is 0.136. The van der Waals surface area contributed by atoms with Gasteiger partial charge in [-0.3, -0.25) is 14.4 Å². The number of sulfone groups is 1. The minimum Gasteiger partial charge on any atom is -0.489 e. The molecule has 0 aromatic heterocycles. The first-order valence-corrected chi connectivity index (χ1v) is 13.7. The first-order chi connectivity index (χ1) is 16.3. The van der Waals surface area contributed by atoms with Crippen LogP contribution in [0.5, 0.6) is 5.75 Å². The molecular formula is C21H30FN3O8S2. The van der Waals surface area contributed by atoms with Crippen LogP contribution in [0.15, 0.2) is 47.4 Å². The number of ether oxygens (including phenoxy) is 2. The van der Waals surface area contributed by atoms with E-state index in [4.69, 9.17) is 9.47 Å². The van der Waals surface area contributed by atoms with Crippen LogP contribution in [-0.4, -0.2) is 67.7 Å². The number of sulfonamides is 1. The molecule has 1 aliphatic rings. The molecule has 0 radical (unpaired) electrons. The molecule has 14 heteroatoms. The van der Waals surface area contributed by atoms with E-state index in [2.05, 4.69) is 10.6 Å². The summed E-state index contributed by atoms with van der Waals surface area (Å²) in [5, 5.41) is 4.80. The van der Waals surface area contributed by atoms with Crippen molar-refractivity contribution in [2.75, 3.05) is 48.4 Å². The molecule has 2 aromatic rings. The average molecular weight is 536 g/mol. The Balaban J connectivity index is 0.00000169. The molecule has 2 N–H and O–H groups in total. The van der Waals surface area contributed by atoms with Gasteiger partial charge in [0, 0.05) is 28.8 Å². The predicted molar refractivity (Wildman–Crippen MR) is 132 cm³/mol. The third-order valence-electron chi connectivity index (χ3n) is 4.47. The number of hydrogen-bond acceptors (Lipinski definition) is 8. The van der Waals surface area contributed by atoms with Gasteiger partial charge < -0.3 is 14.8 Å². The smallest absolute Gasteiger partial charge is 0.411 e. The molecule has 0 fully saturated rings. The van der Waals surface area contributed by atoms with Crippen molar-refractivity contribution in [2.45, 2.75) is 11.8 Å². The van der Waals surface area contributed by atoms with Gasteiger partial charge in [-0.2, -0.15) is 0 Å². The van der Waals surface area contributed by atoms with Gasteiger partial charge in [-0.1, -0.05) is 0 Å². The van der Waals surface area contributed by atoms with E-state index in [1.54, 1.807) is 7.05 Å². The molecule has 0 saturated carbocycles. The number of benzene rings is 2. The molecule has 0 bridgehead atoms. The highest BCUT2D eigenvalue weighted by atomic mass is 32.2. The summed E-state index contributed by atoms with van der Waals surface area (Å²) in [5.74, 6) is -0.576. The topological polar surface area (TPSA) is 148 Å². The highest BCUT2D eigenvalue weighted by molar-refractivity contribution is 7.92. The van der Waals surface area contributed by atoms with Gasteiger partial charge in [0.1, 0.15) is 24.8 Å². The second-order valence-corrected chi connectivity index (χ2v) is 11.4. The zero-order chi connectivity index (χ0) is 26.2. The molecular weight excluding hydrogens is 505 g/mol. The van der Waals surface area contributed by atoms with Crippen molar-refractivity contribution in [1.29, 1.82) is 0 Å². The molecule has 1 aliphatic heterocycles. The second kappa shape index (κ2) is 11.8. The van der Waals surface area contributed by atoms with E-state index in [-0.39, 0.29) is 50.5 Å². The zero-order valence-corrected chi connectivity index (χ0v) is 20.9. The van der Waals surface area contributed by atoms with Crippen LogP contribution in [0, 0.1) is 5.82 Å². The monoisotopic (exact) mass is 535 g/mol. The first-order valence-electron chi connectivity index (χ1n) is 10.2. The van der Waals surface area contributed by atoms with Crippen molar-refractivity contribution in [2.24, 2.45) is 0 Å². The number of amides is 2. The van der Waals surface area contributed by atoms with E-state index in [1.807, 2.05) is 0 Å². The van der Waals surface area contributed by atoms with Gasteiger partial charge in [-0.15, -0.1) is 0 Å². The van der Waals surface area contributed by atoms with Crippen LogP contribution in [0.4, 0.5) is 20.6 Å². The number of hydrogen-bond donors (Lipinski definition) is 2. The van der Waals surface area contributed by atoms with Crippen molar-refractivity contribution >= 4 is 43.2 Å². The van der Waals surface area contributed by atoms with Gasteiger partial charge in [0.25, 0.3) is 10.0 Å². The fourth-order valence-corrected chi connectivity index (χ4v) is 4.53. The first kappa shape index (κ1) is 27.9. The van der Waals surface area contributed by atoms with Gasteiger partial charge in [-0.25, -0.2) is 26.0 Å².